The number of hydrogen-bond donors (Lipinski definition) is 1. The van der Waals surface area contributed by atoms with Crippen LogP contribution in [0.3, 0.4) is 0 Å². The van der Waals surface area contributed by atoms with Crippen LogP contribution in [0, 0.1) is 5.82 Å². The average Bonchev–Trinajstić information content (AvgIpc) is 3.41. The fourth-order valence-corrected chi connectivity index (χ4v) is 3.73. The van der Waals surface area contributed by atoms with E-state index in [1.165, 1.54) is 27.6 Å². The quantitative estimate of drug-likeness (QED) is 0.695. The Labute approximate surface area is 176 Å². The van der Waals surface area contributed by atoms with Crippen LogP contribution in [0.15, 0.2) is 36.7 Å². The van der Waals surface area contributed by atoms with Crippen molar-refractivity contribution in [3.63, 3.8) is 0 Å². The Hall–Kier alpha value is -3.40. The van der Waals surface area contributed by atoms with E-state index in [-0.39, 0.29) is 17.9 Å². The van der Waals surface area contributed by atoms with Gasteiger partial charge in [-0.05, 0) is 36.6 Å². The molecule has 4 heterocycles. The van der Waals surface area contributed by atoms with Gasteiger partial charge < -0.3 is 15.0 Å². The second-order valence-electron chi connectivity index (χ2n) is 7.53. The molecule has 0 spiro atoms. The molecule has 2 aliphatic heterocycles. The number of alkyl halides is 1. The topological polar surface area (TPSA) is 84.6 Å². The van der Waals surface area contributed by atoms with Gasteiger partial charge >= 0.3 is 6.03 Å². The number of carbonyl (C=O) groups excluding carboxylic acids is 1. The second-order valence-corrected chi connectivity index (χ2v) is 7.53. The van der Waals surface area contributed by atoms with E-state index < -0.39 is 18.0 Å². The summed E-state index contributed by atoms with van der Waals surface area (Å²) in [5, 5.41) is 7.06. The maximum absolute atomic E-state index is 14.5. The Kier molecular flexibility index (Phi) is 5.06. The zero-order valence-corrected chi connectivity index (χ0v) is 16.6. The molecule has 2 aromatic heterocycles. The minimum absolute atomic E-state index is 0.0600. The number of rotatable bonds is 3. The molecule has 2 amide bonds. The number of halogens is 2. The lowest BCUT2D eigenvalue weighted by Gasteiger charge is -2.16. The van der Waals surface area contributed by atoms with E-state index in [1.807, 2.05) is 6.08 Å². The van der Waals surface area contributed by atoms with E-state index in [2.05, 4.69) is 20.4 Å². The van der Waals surface area contributed by atoms with E-state index in [0.29, 0.717) is 37.6 Å². The highest BCUT2D eigenvalue weighted by Gasteiger charge is 2.26. The van der Waals surface area contributed by atoms with Gasteiger partial charge in [0.15, 0.2) is 5.82 Å². The number of nitrogens with zero attached hydrogens (tertiary/aromatic N) is 5. The maximum Gasteiger partial charge on any atom is 0.321 e. The third kappa shape index (κ3) is 3.98. The van der Waals surface area contributed by atoms with Crippen molar-refractivity contribution >= 4 is 23.1 Å². The van der Waals surface area contributed by atoms with Gasteiger partial charge in [0.25, 0.3) is 5.78 Å². The van der Waals surface area contributed by atoms with Crippen molar-refractivity contribution in [3.8, 4) is 11.4 Å². The molecule has 1 fully saturated rings. The second kappa shape index (κ2) is 8.03. The summed E-state index contributed by atoms with van der Waals surface area (Å²) >= 11 is 0. The number of ether oxygens (including phenoxy) is 1. The van der Waals surface area contributed by atoms with Crippen molar-refractivity contribution in [2.24, 2.45) is 0 Å². The third-order valence-electron chi connectivity index (χ3n) is 5.40. The monoisotopic (exact) mass is 426 g/mol. The molecule has 0 aliphatic carbocycles. The fourth-order valence-electron chi connectivity index (χ4n) is 3.73. The van der Waals surface area contributed by atoms with E-state index in [0.717, 1.165) is 17.6 Å². The van der Waals surface area contributed by atoms with Gasteiger partial charge in [0.1, 0.15) is 12.0 Å². The number of urea groups is 1. The van der Waals surface area contributed by atoms with Crippen molar-refractivity contribution in [1.29, 1.82) is 0 Å². The molecule has 0 bridgehead atoms. The van der Waals surface area contributed by atoms with Gasteiger partial charge in [0, 0.05) is 30.2 Å². The Balaban J connectivity index is 1.42. The molecule has 10 heteroatoms. The van der Waals surface area contributed by atoms with E-state index in [1.54, 1.807) is 12.4 Å². The first-order valence-corrected chi connectivity index (χ1v) is 10.1. The van der Waals surface area contributed by atoms with Gasteiger partial charge in [-0.15, -0.1) is 5.10 Å². The molecule has 3 aromatic rings. The highest BCUT2D eigenvalue weighted by Crippen LogP contribution is 2.26. The molecule has 5 rings (SSSR count). The van der Waals surface area contributed by atoms with Crippen LogP contribution in [-0.2, 0) is 4.74 Å². The van der Waals surface area contributed by atoms with Crippen molar-refractivity contribution in [2.75, 3.05) is 31.6 Å². The van der Waals surface area contributed by atoms with Gasteiger partial charge in [-0.25, -0.2) is 23.1 Å². The van der Waals surface area contributed by atoms with Crippen LogP contribution < -0.4 is 5.32 Å². The molecule has 31 heavy (non-hydrogen) atoms. The predicted molar refractivity (Wildman–Crippen MR) is 110 cm³/mol. The number of nitrogens with one attached hydrogen (secondary N) is 1. The average molecular weight is 426 g/mol. The maximum atomic E-state index is 14.5. The van der Waals surface area contributed by atoms with Crippen LogP contribution in [0.5, 0.6) is 0 Å². The minimum atomic E-state index is -1.01. The fraction of sp³-hybridized carbons (Fsp3) is 0.333. The summed E-state index contributed by atoms with van der Waals surface area (Å²) < 4.78 is 34.7. The Morgan fingerprint density at radius 2 is 2.23 bits per heavy atom. The van der Waals surface area contributed by atoms with E-state index in [9.17, 15) is 13.6 Å². The molecule has 1 atom stereocenters. The van der Waals surface area contributed by atoms with Gasteiger partial charge in [-0.2, -0.15) is 4.98 Å². The van der Waals surface area contributed by atoms with Crippen LogP contribution in [0.25, 0.3) is 22.7 Å². The number of fused-ring (bicyclic) bond motifs is 1. The van der Waals surface area contributed by atoms with Gasteiger partial charge in [-0.3, -0.25) is 0 Å². The summed E-state index contributed by atoms with van der Waals surface area (Å²) in [7, 11) is 0. The van der Waals surface area contributed by atoms with Gasteiger partial charge in [0.05, 0.1) is 25.3 Å². The Bertz CT molecular complexity index is 1180. The summed E-state index contributed by atoms with van der Waals surface area (Å²) in [4.78, 5) is 22.4. The number of hydrogen-bond acceptors (Lipinski definition) is 5. The summed E-state index contributed by atoms with van der Waals surface area (Å²) in [6.07, 6.45) is 5.62. The van der Waals surface area contributed by atoms with E-state index in [4.69, 9.17) is 4.74 Å². The normalized spacial score (nSPS) is 19.0. The number of benzene rings is 1. The first kappa shape index (κ1) is 19.6. The number of carbonyl (C=O) groups is 1. The lowest BCUT2D eigenvalue weighted by Crippen LogP contribution is -2.33. The van der Waals surface area contributed by atoms with Crippen molar-refractivity contribution in [3.05, 3.63) is 48.0 Å². The van der Waals surface area contributed by atoms with Crippen molar-refractivity contribution < 1.29 is 18.3 Å². The molecule has 1 aromatic carbocycles. The van der Waals surface area contributed by atoms with Crippen LogP contribution in [-0.4, -0.2) is 63.0 Å². The smallest absolute Gasteiger partial charge is 0.321 e. The number of anilines is 1. The van der Waals surface area contributed by atoms with Gasteiger partial charge in [0.2, 0.25) is 0 Å². The Morgan fingerprint density at radius 3 is 3.00 bits per heavy atom. The van der Waals surface area contributed by atoms with Crippen molar-refractivity contribution in [1.82, 2.24) is 24.5 Å². The van der Waals surface area contributed by atoms with Crippen molar-refractivity contribution in [2.45, 2.75) is 19.0 Å². The Morgan fingerprint density at radius 1 is 1.32 bits per heavy atom. The zero-order chi connectivity index (χ0) is 21.4. The van der Waals surface area contributed by atoms with Crippen LogP contribution in [0.1, 0.15) is 18.4 Å². The molecule has 0 unspecified atom stereocenters. The molecular formula is C21H20F2N6O2. The SMILES string of the molecule is O=C(Nc1ccc(F)c(-c2nc3ncc(C4=CCOCC4)cn3n2)c1)N1CC[C@@H](F)C1. The highest BCUT2D eigenvalue weighted by molar-refractivity contribution is 5.90. The molecular weight excluding hydrogens is 406 g/mol. The first-order valence-electron chi connectivity index (χ1n) is 10.1. The molecule has 0 saturated carbocycles. The van der Waals surface area contributed by atoms with Gasteiger partial charge in [-0.1, -0.05) is 6.08 Å². The molecule has 1 N–H and O–H groups in total. The molecule has 2 aliphatic rings. The number of likely N-dealkylation sites (tertiary alicyclic amines) is 1. The van der Waals surface area contributed by atoms with Crippen LogP contribution in [0.2, 0.25) is 0 Å². The molecule has 8 nitrogen and oxygen atoms in total. The third-order valence-corrected chi connectivity index (χ3v) is 5.40. The lowest BCUT2D eigenvalue weighted by atomic mass is 10.1. The van der Waals surface area contributed by atoms with E-state index >= 15 is 0 Å². The number of amides is 2. The highest BCUT2D eigenvalue weighted by atomic mass is 19.1. The zero-order valence-electron chi connectivity index (χ0n) is 16.6. The minimum Gasteiger partial charge on any atom is -0.377 e. The molecule has 160 valence electrons. The predicted octanol–water partition coefficient (Wildman–Crippen LogP) is 3.31. The molecule has 0 radical (unpaired) electrons. The van der Waals surface area contributed by atoms with Crippen LogP contribution in [0.4, 0.5) is 19.3 Å². The largest absolute Gasteiger partial charge is 0.377 e. The lowest BCUT2D eigenvalue weighted by molar-refractivity contribution is 0.161. The first-order chi connectivity index (χ1) is 15.1. The summed E-state index contributed by atoms with van der Waals surface area (Å²) in [5.74, 6) is -0.0261. The number of aromatic nitrogens is 4. The standard InChI is InChI=1S/C21H20F2N6O2/c22-15-3-6-28(12-15)21(30)25-16-1-2-18(23)17(9-16)19-26-20-24-10-14(11-29(20)27-19)13-4-7-31-8-5-13/h1-2,4,9-11,15H,3,5-8,12H2,(H,25,30)/t15-/m1/s1. The summed E-state index contributed by atoms with van der Waals surface area (Å²) in [5.41, 5.74) is 2.54. The van der Waals surface area contributed by atoms with Crippen LogP contribution >= 0.6 is 0 Å². The molecule has 1 saturated heterocycles. The summed E-state index contributed by atoms with van der Waals surface area (Å²) in [6.45, 7) is 1.62. The summed E-state index contributed by atoms with van der Waals surface area (Å²) in [6, 6.07) is 3.73.